The van der Waals surface area contributed by atoms with Crippen molar-refractivity contribution in [2.24, 2.45) is 13.0 Å². The Bertz CT molecular complexity index is 917. The second-order valence-electron chi connectivity index (χ2n) is 5.94. The summed E-state index contributed by atoms with van der Waals surface area (Å²) in [6.45, 7) is 5.38. The van der Waals surface area contributed by atoms with Crippen molar-refractivity contribution >= 4 is 22.5 Å². The lowest BCUT2D eigenvalue weighted by molar-refractivity contribution is -0.116. The van der Waals surface area contributed by atoms with Crippen LogP contribution in [0.1, 0.15) is 5.56 Å². The Hall–Kier alpha value is -3.07. The van der Waals surface area contributed by atoms with Crippen molar-refractivity contribution in [3.63, 3.8) is 0 Å². The number of nitriles is 1. The van der Waals surface area contributed by atoms with Gasteiger partial charge in [-0.3, -0.25) is 9.59 Å². The van der Waals surface area contributed by atoms with Gasteiger partial charge in [0.2, 0.25) is 5.91 Å². The highest BCUT2D eigenvalue weighted by molar-refractivity contribution is 5.95. The number of carbonyl (C=O) groups is 1. The third-order valence-electron chi connectivity index (χ3n) is 4.41. The summed E-state index contributed by atoms with van der Waals surface area (Å²) in [5.41, 5.74) is 1.39. The van der Waals surface area contributed by atoms with E-state index in [0.717, 1.165) is 10.9 Å². The van der Waals surface area contributed by atoms with E-state index >= 15 is 0 Å². The lowest BCUT2D eigenvalue weighted by Gasteiger charge is -2.42. The first-order chi connectivity index (χ1) is 11.6. The number of fused-ring (bicyclic) bond motifs is 1. The van der Waals surface area contributed by atoms with E-state index in [1.165, 1.54) is 10.6 Å². The summed E-state index contributed by atoms with van der Waals surface area (Å²) in [4.78, 5) is 25.7. The van der Waals surface area contributed by atoms with Gasteiger partial charge >= 0.3 is 0 Å². The van der Waals surface area contributed by atoms with Crippen LogP contribution < -0.4 is 15.8 Å². The Morgan fingerprint density at radius 1 is 1.46 bits per heavy atom. The molecule has 6 nitrogen and oxygen atoms in total. The van der Waals surface area contributed by atoms with E-state index in [2.05, 4.69) is 18.0 Å². The maximum absolute atomic E-state index is 12.5. The summed E-state index contributed by atoms with van der Waals surface area (Å²) in [5, 5.41) is 13.1. The van der Waals surface area contributed by atoms with Crippen LogP contribution in [0.2, 0.25) is 0 Å². The van der Waals surface area contributed by atoms with E-state index < -0.39 is 0 Å². The van der Waals surface area contributed by atoms with E-state index in [1.807, 2.05) is 29.2 Å². The highest BCUT2D eigenvalue weighted by atomic mass is 16.1. The van der Waals surface area contributed by atoms with Gasteiger partial charge in [0.15, 0.2) is 0 Å². The zero-order valence-electron chi connectivity index (χ0n) is 13.5. The zero-order chi connectivity index (χ0) is 17.3. The number of hydrogen-bond donors (Lipinski definition) is 1. The summed E-state index contributed by atoms with van der Waals surface area (Å²) in [6, 6.07) is 9.65. The summed E-state index contributed by atoms with van der Waals surface area (Å²) in [7, 11) is 1.68. The number of aromatic nitrogens is 1. The number of anilines is 1. The third kappa shape index (κ3) is 2.54. The van der Waals surface area contributed by atoms with Gasteiger partial charge in [-0.1, -0.05) is 24.8 Å². The predicted molar refractivity (Wildman–Crippen MR) is 92.8 cm³/mol. The minimum atomic E-state index is -0.283. The zero-order valence-corrected chi connectivity index (χ0v) is 13.5. The summed E-state index contributed by atoms with van der Waals surface area (Å²) < 4.78 is 1.51. The molecule has 1 N–H and O–H groups in total. The first kappa shape index (κ1) is 15.8. The van der Waals surface area contributed by atoms with Crippen molar-refractivity contribution in [2.45, 2.75) is 0 Å². The van der Waals surface area contributed by atoms with Gasteiger partial charge in [0, 0.05) is 38.0 Å². The average molecular weight is 322 g/mol. The molecule has 1 aliphatic heterocycles. The molecule has 1 aliphatic rings. The largest absolute Gasteiger partial charge is 0.369 e. The van der Waals surface area contributed by atoms with E-state index in [1.54, 1.807) is 7.05 Å². The van der Waals surface area contributed by atoms with Crippen LogP contribution >= 0.6 is 0 Å². The summed E-state index contributed by atoms with van der Waals surface area (Å²) in [5.74, 6) is 0.105. The topological polar surface area (TPSA) is 78.1 Å². The van der Waals surface area contributed by atoms with Crippen molar-refractivity contribution in [1.82, 2.24) is 9.88 Å². The van der Waals surface area contributed by atoms with E-state index in [-0.39, 0.29) is 17.0 Å². The number of hydrogen-bond acceptors (Lipinski definition) is 4. The Balaban J connectivity index is 1.93. The summed E-state index contributed by atoms with van der Waals surface area (Å²) >= 11 is 0. The Morgan fingerprint density at radius 3 is 2.83 bits per heavy atom. The highest BCUT2D eigenvalue weighted by Crippen LogP contribution is 2.32. The molecule has 0 atom stereocenters. The minimum absolute atomic E-state index is 0.171. The number of nitrogens with zero attached hydrogens (tertiary/aromatic N) is 3. The number of pyridine rings is 1. The lowest BCUT2D eigenvalue weighted by Crippen LogP contribution is -2.52. The SMILES string of the molecule is C=CC(=O)NCC1CN(c2c(C#N)c(=O)n(C)c3ccccc23)C1. The van der Waals surface area contributed by atoms with Crippen molar-refractivity contribution < 1.29 is 4.79 Å². The van der Waals surface area contributed by atoms with Gasteiger partial charge in [0.1, 0.15) is 11.6 Å². The lowest BCUT2D eigenvalue weighted by atomic mass is 9.96. The fraction of sp³-hybridized carbons (Fsp3) is 0.278. The molecule has 3 rings (SSSR count). The van der Waals surface area contributed by atoms with Gasteiger partial charge in [0.05, 0.1) is 11.2 Å². The first-order valence-corrected chi connectivity index (χ1v) is 7.73. The quantitative estimate of drug-likeness (QED) is 0.857. The van der Waals surface area contributed by atoms with Crippen LogP contribution in [-0.2, 0) is 11.8 Å². The molecular weight excluding hydrogens is 304 g/mol. The number of rotatable bonds is 4. The number of aryl methyl sites for hydroxylation is 1. The normalized spacial score (nSPS) is 14.1. The van der Waals surface area contributed by atoms with E-state index in [9.17, 15) is 14.9 Å². The van der Waals surface area contributed by atoms with Crippen LogP contribution in [0.15, 0.2) is 41.7 Å². The monoisotopic (exact) mass is 322 g/mol. The molecule has 24 heavy (non-hydrogen) atoms. The number of amides is 1. The third-order valence-corrected chi connectivity index (χ3v) is 4.41. The van der Waals surface area contributed by atoms with Crippen LogP contribution in [0.5, 0.6) is 0 Å². The van der Waals surface area contributed by atoms with Gasteiger partial charge in [-0.25, -0.2) is 0 Å². The molecule has 0 aliphatic carbocycles. The van der Waals surface area contributed by atoms with E-state index in [0.29, 0.717) is 31.2 Å². The molecule has 0 saturated carbocycles. The van der Waals surface area contributed by atoms with Crippen molar-refractivity contribution in [3.05, 3.63) is 52.8 Å². The molecule has 1 amide bonds. The Morgan fingerprint density at radius 2 is 2.17 bits per heavy atom. The highest BCUT2D eigenvalue weighted by Gasteiger charge is 2.31. The van der Waals surface area contributed by atoms with Crippen molar-refractivity contribution in [3.8, 4) is 6.07 Å². The van der Waals surface area contributed by atoms with Gasteiger partial charge in [-0.05, 0) is 12.1 Å². The Labute approximate surface area is 139 Å². The molecule has 122 valence electrons. The molecule has 0 radical (unpaired) electrons. The minimum Gasteiger partial charge on any atom is -0.369 e. The number of benzene rings is 1. The van der Waals surface area contributed by atoms with Crippen LogP contribution in [0, 0.1) is 17.2 Å². The fourth-order valence-corrected chi connectivity index (χ4v) is 3.11. The van der Waals surface area contributed by atoms with Gasteiger partial charge in [-0.2, -0.15) is 5.26 Å². The van der Waals surface area contributed by atoms with Crippen molar-refractivity contribution in [1.29, 1.82) is 5.26 Å². The first-order valence-electron chi connectivity index (χ1n) is 7.73. The molecule has 0 spiro atoms. The maximum atomic E-state index is 12.5. The molecule has 0 bridgehead atoms. The molecule has 1 saturated heterocycles. The molecule has 1 aromatic heterocycles. The van der Waals surface area contributed by atoms with E-state index in [4.69, 9.17) is 0 Å². The molecular formula is C18H18N4O2. The molecule has 2 heterocycles. The van der Waals surface area contributed by atoms with Crippen LogP contribution in [-0.4, -0.2) is 30.1 Å². The number of carbonyl (C=O) groups excluding carboxylic acids is 1. The molecule has 2 aromatic rings. The number of para-hydroxylation sites is 1. The standard InChI is InChI=1S/C18H18N4O2/c1-3-16(23)20-9-12-10-22(11-12)17-13-6-4-5-7-15(13)21(2)18(24)14(17)8-19/h3-7,12H,1,9-11H2,2H3,(H,20,23). The maximum Gasteiger partial charge on any atom is 0.270 e. The van der Waals surface area contributed by atoms with Crippen LogP contribution in [0.4, 0.5) is 5.69 Å². The molecule has 1 fully saturated rings. The second kappa shape index (κ2) is 6.20. The Kier molecular flexibility index (Phi) is 4.09. The second-order valence-corrected chi connectivity index (χ2v) is 5.94. The summed E-state index contributed by atoms with van der Waals surface area (Å²) in [6.07, 6.45) is 1.25. The molecule has 6 heteroatoms. The predicted octanol–water partition coefficient (Wildman–Crippen LogP) is 1.15. The van der Waals surface area contributed by atoms with Gasteiger partial charge < -0.3 is 14.8 Å². The van der Waals surface area contributed by atoms with Gasteiger partial charge in [-0.15, -0.1) is 0 Å². The fourth-order valence-electron chi connectivity index (χ4n) is 3.11. The van der Waals surface area contributed by atoms with Crippen LogP contribution in [0.3, 0.4) is 0 Å². The molecule has 0 unspecified atom stereocenters. The molecule has 1 aromatic carbocycles. The smallest absolute Gasteiger partial charge is 0.270 e. The van der Waals surface area contributed by atoms with Gasteiger partial charge in [0.25, 0.3) is 5.56 Å². The van der Waals surface area contributed by atoms with Crippen LogP contribution in [0.25, 0.3) is 10.9 Å². The average Bonchev–Trinajstić information content (AvgIpc) is 2.57. The van der Waals surface area contributed by atoms with Crippen molar-refractivity contribution in [2.75, 3.05) is 24.5 Å². The number of nitrogens with one attached hydrogen (secondary N) is 1.